The van der Waals surface area contributed by atoms with Gasteiger partial charge in [-0.3, -0.25) is 4.79 Å². The van der Waals surface area contributed by atoms with Gasteiger partial charge in [0.2, 0.25) is 5.91 Å². The Balaban J connectivity index is 1.44. The maximum Gasteiger partial charge on any atom is 0.220 e. The van der Waals surface area contributed by atoms with E-state index in [0.29, 0.717) is 18.4 Å². The van der Waals surface area contributed by atoms with Gasteiger partial charge in [0, 0.05) is 44.5 Å². The molecule has 4 heteroatoms. The lowest BCUT2D eigenvalue weighted by Crippen LogP contribution is -2.45. The first-order valence-corrected chi connectivity index (χ1v) is 8.39. The van der Waals surface area contributed by atoms with Crippen molar-refractivity contribution >= 4 is 11.6 Å². The van der Waals surface area contributed by atoms with Crippen LogP contribution in [0.15, 0.2) is 24.3 Å². The Hall–Kier alpha value is -1.55. The Kier molecular flexibility index (Phi) is 4.98. The highest BCUT2D eigenvalue weighted by atomic mass is 16.5. The molecular weight excluding hydrogens is 276 g/mol. The van der Waals surface area contributed by atoms with Crippen LogP contribution in [-0.2, 0) is 9.53 Å². The standard InChI is InChI=1S/C18H26N2O2/c1-14-3-2-4-17(11-14)20-8-5-16(6-9-20)19-18(21)12-15-7-10-22-13-15/h2-4,11,15-16H,5-10,12-13H2,1H3,(H,19,21). The molecule has 1 amide bonds. The third-order valence-electron chi connectivity index (χ3n) is 4.72. The van der Waals surface area contributed by atoms with Crippen molar-refractivity contribution in [2.24, 2.45) is 5.92 Å². The van der Waals surface area contributed by atoms with Crippen molar-refractivity contribution in [2.45, 2.75) is 38.6 Å². The van der Waals surface area contributed by atoms with E-state index in [2.05, 4.69) is 41.4 Å². The summed E-state index contributed by atoms with van der Waals surface area (Å²) in [7, 11) is 0. The highest BCUT2D eigenvalue weighted by Gasteiger charge is 2.23. The topological polar surface area (TPSA) is 41.6 Å². The molecule has 2 fully saturated rings. The summed E-state index contributed by atoms with van der Waals surface area (Å²) in [5.41, 5.74) is 2.60. The lowest BCUT2D eigenvalue weighted by Gasteiger charge is -2.34. The number of anilines is 1. The van der Waals surface area contributed by atoms with E-state index >= 15 is 0 Å². The molecule has 22 heavy (non-hydrogen) atoms. The van der Waals surface area contributed by atoms with Crippen LogP contribution in [0.2, 0.25) is 0 Å². The van der Waals surface area contributed by atoms with Crippen molar-refractivity contribution < 1.29 is 9.53 Å². The molecule has 2 saturated heterocycles. The van der Waals surface area contributed by atoms with Crippen molar-refractivity contribution in [3.8, 4) is 0 Å². The Labute approximate surface area is 132 Å². The number of amides is 1. The second kappa shape index (κ2) is 7.14. The van der Waals surface area contributed by atoms with Crippen molar-refractivity contribution in [3.05, 3.63) is 29.8 Å². The van der Waals surface area contributed by atoms with Crippen LogP contribution in [0.3, 0.4) is 0 Å². The summed E-state index contributed by atoms with van der Waals surface area (Å²) in [4.78, 5) is 14.5. The van der Waals surface area contributed by atoms with Gasteiger partial charge < -0.3 is 15.0 Å². The summed E-state index contributed by atoms with van der Waals surface area (Å²) in [6.07, 6.45) is 3.71. The molecule has 0 spiro atoms. The molecule has 2 aliphatic heterocycles. The molecule has 3 rings (SSSR count). The van der Waals surface area contributed by atoms with Crippen LogP contribution in [0.1, 0.15) is 31.2 Å². The van der Waals surface area contributed by atoms with Crippen LogP contribution < -0.4 is 10.2 Å². The second-order valence-corrected chi connectivity index (χ2v) is 6.60. The zero-order valence-electron chi connectivity index (χ0n) is 13.4. The largest absolute Gasteiger partial charge is 0.381 e. The van der Waals surface area contributed by atoms with Gasteiger partial charge in [0.05, 0.1) is 0 Å². The number of benzene rings is 1. The van der Waals surface area contributed by atoms with Gasteiger partial charge in [0.25, 0.3) is 0 Å². The summed E-state index contributed by atoms with van der Waals surface area (Å²) >= 11 is 0. The zero-order chi connectivity index (χ0) is 15.4. The number of piperidine rings is 1. The maximum atomic E-state index is 12.1. The minimum atomic E-state index is 0.199. The smallest absolute Gasteiger partial charge is 0.220 e. The van der Waals surface area contributed by atoms with Gasteiger partial charge in [-0.15, -0.1) is 0 Å². The van der Waals surface area contributed by atoms with E-state index in [1.165, 1.54) is 11.3 Å². The van der Waals surface area contributed by atoms with E-state index in [9.17, 15) is 4.79 Å². The lowest BCUT2D eigenvalue weighted by atomic mass is 10.0. The fraction of sp³-hybridized carbons (Fsp3) is 0.611. The number of nitrogens with one attached hydrogen (secondary N) is 1. The summed E-state index contributed by atoms with van der Waals surface area (Å²) in [5.74, 6) is 0.622. The highest BCUT2D eigenvalue weighted by Crippen LogP contribution is 2.21. The summed E-state index contributed by atoms with van der Waals surface area (Å²) in [5, 5.41) is 3.21. The van der Waals surface area contributed by atoms with Crippen molar-refractivity contribution in [1.29, 1.82) is 0 Å². The summed E-state index contributed by atoms with van der Waals surface area (Å²) in [6.45, 7) is 5.72. The molecule has 120 valence electrons. The maximum absolute atomic E-state index is 12.1. The van der Waals surface area contributed by atoms with Crippen LogP contribution in [0.5, 0.6) is 0 Å². The van der Waals surface area contributed by atoms with Gasteiger partial charge in [-0.2, -0.15) is 0 Å². The van der Waals surface area contributed by atoms with Crippen molar-refractivity contribution in [3.63, 3.8) is 0 Å². The van der Waals surface area contributed by atoms with Crippen molar-refractivity contribution in [2.75, 3.05) is 31.2 Å². The number of hydrogen-bond acceptors (Lipinski definition) is 3. The van der Waals surface area contributed by atoms with Gasteiger partial charge in [-0.25, -0.2) is 0 Å². The summed E-state index contributed by atoms with van der Waals surface area (Å²) in [6, 6.07) is 8.98. The van der Waals surface area contributed by atoms with Crippen LogP contribution in [-0.4, -0.2) is 38.3 Å². The molecule has 1 aromatic rings. The normalized spacial score (nSPS) is 22.8. The quantitative estimate of drug-likeness (QED) is 0.929. The molecule has 1 atom stereocenters. The average Bonchev–Trinajstić information content (AvgIpc) is 3.01. The molecule has 0 saturated carbocycles. The monoisotopic (exact) mass is 302 g/mol. The minimum absolute atomic E-state index is 0.199. The van der Waals surface area contributed by atoms with Gasteiger partial charge >= 0.3 is 0 Å². The lowest BCUT2D eigenvalue weighted by molar-refractivity contribution is -0.122. The Morgan fingerprint density at radius 2 is 2.14 bits per heavy atom. The first-order valence-electron chi connectivity index (χ1n) is 8.39. The summed E-state index contributed by atoms with van der Waals surface area (Å²) < 4.78 is 5.33. The van der Waals surface area contributed by atoms with Crippen LogP contribution >= 0.6 is 0 Å². The van der Waals surface area contributed by atoms with E-state index in [1.54, 1.807) is 0 Å². The first kappa shape index (κ1) is 15.3. The fourth-order valence-corrected chi connectivity index (χ4v) is 3.40. The molecule has 1 aromatic carbocycles. The first-order chi connectivity index (χ1) is 10.7. The molecule has 0 aromatic heterocycles. The number of hydrogen-bond donors (Lipinski definition) is 1. The molecule has 2 heterocycles. The molecule has 0 aliphatic carbocycles. The third-order valence-corrected chi connectivity index (χ3v) is 4.72. The van der Waals surface area contributed by atoms with Crippen LogP contribution in [0.4, 0.5) is 5.69 Å². The highest BCUT2D eigenvalue weighted by molar-refractivity contribution is 5.76. The van der Waals surface area contributed by atoms with E-state index in [-0.39, 0.29) is 5.91 Å². The number of rotatable bonds is 4. The molecule has 4 nitrogen and oxygen atoms in total. The van der Waals surface area contributed by atoms with Gasteiger partial charge in [0.1, 0.15) is 0 Å². The fourth-order valence-electron chi connectivity index (χ4n) is 3.40. The van der Waals surface area contributed by atoms with Crippen molar-refractivity contribution in [1.82, 2.24) is 5.32 Å². The van der Waals surface area contributed by atoms with E-state index < -0.39 is 0 Å². The molecule has 1 unspecified atom stereocenters. The second-order valence-electron chi connectivity index (χ2n) is 6.60. The number of aryl methyl sites for hydroxylation is 1. The Bertz CT molecular complexity index is 504. The third kappa shape index (κ3) is 4.01. The average molecular weight is 302 g/mol. The van der Waals surface area contributed by atoms with Gasteiger partial charge in [-0.1, -0.05) is 12.1 Å². The van der Waals surface area contributed by atoms with Gasteiger partial charge in [-0.05, 0) is 49.8 Å². The zero-order valence-corrected chi connectivity index (χ0v) is 13.4. The van der Waals surface area contributed by atoms with E-state index in [4.69, 9.17) is 4.74 Å². The number of nitrogens with zero attached hydrogens (tertiary/aromatic N) is 1. The molecule has 0 bridgehead atoms. The number of carbonyl (C=O) groups is 1. The Morgan fingerprint density at radius 3 is 2.82 bits per heavy atom. The number of ether oxygens (including phenoxy) is 1. The van der Waals surface area contributed by atoms with Gasteiger partial charge in [0.15, 0.2) is 0 Å². The minimum Gasteiger partial charge on any atom is -0.381 e. The molecule has 1 N–H and O–H groups in total. The van der Waals surface area contributed by atoms with Crippen LogP contribution in [0, 0.1) is 12.8 Å². The number of carbonyl (C=O) groups excluding carboxylic acids is 1. The van der Waals surface area contributed by atoms with Crippen LogP contribution in [0.25, 0.3) is 0 Å². The predicted molar refractivity (Wildman–Crippen MR) is 88.1 cm³/mol. The van der Waals surface area contributed by atoms with E-state index in [0.717, 1.165) is 45.6 Å². The SMILES string of the molecule is Cc1cccc(N2CCC(NC(=O)CC3CCOC3)CC2)c1. The molecular formula is C18H26N2O2. The Morgan fingerprint density at radius 1 is 1.32 bits per heavy atom. The predicted octanol–water partition coefficient (Wildman–Crippen LogP) is 2.51. The molecule has 2 aliphatic rings. The molecule has 0 radical (unpaired) electrons. The van der Waals surface area contributed by atoms with E-state index in [1.807, 2.05) is 0 Å².